The highest BCUT2D eigenvalue weighted by Crippen LogP contribution is 2.36. The maximum atomic E-state index is 13.0. The van der Waals surface area contributed by atoms with E-state index in [9.17, 15) is 13.2 Å². The molecule has 1 aromatic carbocycles. The fraction of sp³-hybridized carbons (Fsp3) is 0.500. The number of methoxy groups -OCH3 is 2. The number of amides is 1. The van der Waals surface area contributed by atoms with Gasteiger partial charge in [0.15, 0.2) is 5.03 Å². The first-order valence-corrected chi connectivity index (χ1v) is 11.7. The van der Waals surface area contributed by atoms with Crippen LogP contribution in [0.25, 0.3) is 0 Å². The Kier molecular flexibility index (Phi) is 7.13. The van der Waals surface area contributed by atoms with Crippen molar-refractivity contribution in [2.45, 2.75) is 37.8 Å². The number of ether oxygens (including phenoxy) is 2. The summed E-state index contributed by atoms with van der Waals surface area (Å²) in [5, 5.41) is 3.13. The first-order valence-electron chi connectivity index (χ1n) is 9.93. The van der Waals surface area contributed by atoms with Gasteiger partial charge in [-0.3, -0.25) is 4.79 Å². The van der Waals surface area contributed by atoms with Crippen LogP contribution in [0.2, 0.25) is 5.02 Å². The third-order valence-electron chi connectivity index (χ3n) is 5.27. The molecule has 1 aliphatic heterocycles. The van der Waals surface area contributed by atoms with Crippen LogP contribution in [0.5, 0.6) is 11.5 Å². The second kappa shape index (κ2) is 9.46. The predicted molar refractivity (Wildman–Crippen MR) is 117 cm³/mol. The third-order valence-corrected chi connectivity index (χ3v) is 7.31. The van der Waals surface area contributed by atoms with Gasteiger partial charge in [0.1, 0.15) is 11.5 Å². The van der Waals surface area contributed by atoms with Crippen LogP contribution in [-0.2, 0) is 14.8 Å². The van der Waals surface area contributed by atoms with Gasteiger partial charge < -0.3 is 19.4 Å². The molecule has 0 saturated carbocycles. The number of nitrogens with zero attached hydrogens (tertiary/aromatic N) is 3. The van der Waals surface area contributed by atoms with E-state index in [1.165, 1.54) is 31.0 Å². The molecule has 1 aromatic heterocycles. The number of benzene rings is 1. The Morgan fingerprint density at radius 2 is 1.97 bits per heavy atom. The monoisotopic (exact) mass is 470 g/mol. The zero-order valence-electron chi connectivity index (χ0n) is 18.0. The van der Waals surface area contributed by atoms with E-state index in [1.54, 1.807) is 16.7 Å². The van der Waals surface area contributed by atoms with Crippen molar-refractivity contribution in [2.75, 3.05) is 32.6 Å². The molecule has 31 heavy (non-hydrogen) atoms. The topological polar surface area (TPSA) is 103 Å². The number of carbonyl (C=O) groups excluding carboxylic acids is 1. The second-order valence-electron chi connectivity index (χ2n) is 7.63. The number of hydrogen-bond donors (Lipinski definition) is 1. The first-order chi connectivity index (χ1) is 14.7. The number of anilines is 1. The van der Waals surface area contributed by atoms with Gasteiger partial charge in [0.25, 0.3) is 10.0 Å². The van der Waals surface area contributed by atoms with Crippen molar-refractivity contribution >= 4 is 33.2 Å². The van der Waals surface area contributed by atoms with E-state index in [2.05, 4.69) is 10.3 Å². The summed E-state index contributed by atoms with van der Waals surface area (Å²) in [5.74, 6) is 0.00911. The minimum absolute atomic E-state index is 0.00846. The lowest BCUT2D eigenvalue weighted by Crippen LogP contribution is -2.43. The van der Waals surface area contributed by atoms with Crippen molar-refractivity contribution in [3.63, 3.8) is 0 Å². The summed E-state index contributed by atoms with van der Waals surface area (Å²) in [6.45, 7) is 4.31. The highest BCUT2D eigenvalue weighted by molar-refractivity contribution is 7.89. The number of halogens is 1. The summed E-state index contributed by atoms with van der Waals surface area (Å²) < 4.78 is 39.6. The molecule has 1 atom stereocenters. The van der Waals surface area contributed by atoms with Crippen molar-refractivity contribution in [1.82, 2.24) is 13.9 Å². The van der Waals surface area contributed by atoms with Gasteiger partial charge in [-0.15, -0.1) is 0 Å². The average Bonchev–Trinajstić information content (AvgIpc) is 3.25. The standard InChI is InChI=1S/C20H27ClN4O5S/c1-13(2)24-11-19(22-12-24)31(27,28)25-7-5-6-14(10-25)20(26)23-16-8-15(21)17(29-3)9-18(16)30-4/h8-9,11-14H,5-7,10H2,1-4H3,(H,23,26)/t14-/m1/s1. The normalized spacial score (nSPS) is 17.5. The number of carbonyl (C=O) groups is 1. The van der Waals surface area contributed by atoms with Crippen LogP contribution in [0.4, 0.5) is 5.69 Å². The van der Waals surface area contributed by atoms with Gasteiger partial charge in [-0.05, 0) is 32.8 Å². The zero-order valence-corrected chi connectivity index (χ0v) is 19.5. The molecule has 1 aliphatic rings. The van der Waals surface area contributed by atoms with Gasteiger partial charge in [-0.2, -0.15) is 4.31 Å². The third kappa shape index (κ3) is 4.97. The predicted octanol–water partition coefficient (Wildman–Crippen LogP) is 3.17. The van der Waals surface area contributed by atoms with Gasteiger partial charge >= 0.3 is 0 Å². The number of aromatic nitrogens is 2. The molecule has 1 amide bonds. The number of imidazole rings is 1. The van der Waals surface area contributed by atoms with E-state index >= 15 is 0 Å². The maximum Gasteiger partial charge on any atom is 0.262 e. The van der Waals surface area contributed by atoms with Gasteiger partial charge in [-0.25, -0.2) is 13.4 Å². The fourth-order valence-corrected chi connectivity index (χ4v) is 5.12. The number of nitrogens with one attached hydrogen (secondary N) is 1. The van der Waals surface area contributed by atoms with Crippen molar-refractivity contribution in [3.05, 3.63) is 29.7 Å². The number of hydrogen-bond acceptors (Lipinski definition) is 6. The molecular weight excluding hydrogens is 444 g/mol. The lowest BCUT2D eigenvalue weighted by molar-refractivity contribution is -0.120. The van der Waals surface area contributed by atoms with E-state index in [0.29, 0.717) is 41.6 Å². The summed E-state index contributed by atoms with van der Waals surface area (Å²) >= 11 is 6.17. The summed E-state index contributed by atoms with van der Waals surface area (Å²) in [6, 6.07) is 3.23. The summed E-state index contributed by atoms with van der Waals surface area (Å²) in [7, 11) is -0.821. The van der Waals surface area contributed by atoms with Gasteiger partial charge in [0.05, 0.1) is 37.2 Å². The first kappa shape index (κ1) is 23.4. The van der Waals surface area contributed by atoms with Crippen molar-refractivity contribution < 1.29 is 22.7 Å². The zero-order chi connectivity index (χ0) is 22.8. The lowest BCUT2D eigenvalue weighted by Gasteiger charge is -2.30. The fourth-order valence-electron chi connectivity index (χ4n) is 3.43. The van der Waals surface area contributed by atoms with Crippen LogP contribution < -0.4 is 14.8 Å². The highest BCUT2D eigenvalue weighted by Gasteiger charge is 2.35. The summed E-state index contributed by atoms with van der Waals surface area (Å²) in [6.07, 6.45) is 4.17. The number of rotatable bonds is 7. The summed E-state index contributed by atoms with van der Waals surface area (Å²) in [5.41, 5.74) is 0.397. The van der Waals surface area contributed by atoms with E-state index < -0.39 is 15.9 Å². The van der Waals surface area contributed by atoms with E-state index in [1.807, 2.05) is 13.8 Å². The molecule has 2 heterocycles. The SMILES string of the molecule is COc1cc(OC)c(NC(=O)[C@@H]2CCCN(S(=O)(=O)c3cn(C(C)C)cn3)C2)cc1Cl. The lowest BCUT2D eigenvalue weighted by atomic mass is 9.98. The van der Waals surface area contributed by atoms with Crippen molar-refractivity contribution in [1.29, 1.82) is 0 Å². The van der Waals surface area contributed by atoms with Crippen LogP contribution in [0.15, 0.2) is 29.7 Å². The molecule has 1 N–H and O–H groups in total. The maximum absolute atomic E-state index is 13.0. The minimum atomic E-state index is -3.78. The molecule has 11 heteroatoms. The molecule has 1 saturated heterocycles. The van der Waals surface area contributed by atoms with Crippen LogP contribution in [0.3, 0.4) is 0 Å². The second-order valence-corrected chi connectivity index (χ2v) is 9.92. The molecule has 1 fully saturated rings. The minimum Gasteiger partial charge on any atom is -0.495 e. The molecule has 0 aliphatic carbocycles. The molecule has 0 radical (unpaired) electrons. The van der Waals surface area contributed by atoms with E-state index in [4.69, 9.17) is 21.1 Å². The molecule has 0 unspecified atom stereocenters. The van der Waals surface area contributed by atoms with Crippen LogP contribution in [0, 0.1) is 5.92 Å². The molecule has 170 valence electrons. The summed E-state index contributed by atoms with van der Waals surface area (Å²) in [4.78, 5) is 17.0. The van der Waals surface area contributed by atoms with Crippen molar-refractivity contribution in [2.24, 2.45) is 5.92 Å². The molecule has 0 spiro atoms. The Bertz CT molecular complexity index is 1050. The smallest absolute Gasteiger partial charge is 0.262 e. The number of sulfonamides is 1. The Morgan fingerprint density at radius 3 is 2.58 bits per heavy atom. The largest absolute Gasteiger partial charge is 0.495 e. The highest BCUT2D eigenvalue weighted by atomic mass is 35.5. The molecule has 3 rings (SSSR count). The Balaban J connectivity index is 1.76. The van der Waals surface area contributed by atoms with Crippen LogP contribution in [0.1, 0.15) is 32.7 Å². The molecular formula is C20H27ClN4O5S. The Labute approximate surface area is 187 Å². The van der Waals surface area contributed by atoms with Crippen molar-refractivity contribution in [3.8, 4) is 11.5 Å². The van der Waals surface area contributed by atoms with Gasteiger partial charge in [-0.1, -0.05) is 11.6 Å². The van der Waals surface area contributed by atoms with E-state index in [0.717, 1.165) is 0 Å². The Morgan fingerprint density at radius 1 is 1.26 bits per heavy atom. The van der Waals surface area contributed by atoms with Gasteiger partial charge in [0, 0.05) is 31.4 Å². The van der Waals surface area contributed by atoms with Crippen LogP contribution >= 0.6 is 11.6 Å². The quantitative estimate of drug-likeness (QED) is 0.666. The van der Waals surface area contributed by atoms with Gasteiger partial charge in [0.2, 0.25) is 5.91 Å². The number of piperidine rings is 1. The average molecular weight is 471 g/mol. The molecule has 2 aromatic rings. The molecule has 0 bridgehead atoms. The van der Waals surface area contributed by atoms with E-state index in [-0.39, 0.29) is 23.5 Å². The Hall–Kier alpha value is -2.30. The molecule has 9 nitrogen and oxygen atoms in total. The van der Waals surface area contributed by atoms with Crippen LogP contribution in [-0.4, -0.2) is 55.5 Å².